The maximum atomic E-state index is 12.6. The number of nitriles is 1. The Labute approximate surface area is 164 Å². The Morgan fingerprint density at radius 2 is 2.11 bits per heavy atom. The average molecular weight is 431 g/mol. The summed E-state index contributed by atoms with van der Waals surface area (Å²) in [6, 6.07) is 10.4. The lowest BCUT2D eigenvalue weighted by atomic mass is 10.0. The Kier molecular flexibility index (Phi) is 6.68. The fraction of sp³-hybridized carbons (Fsp3) is 0.158. The number of ketones is 1. The third-order valence-electron chi connectivity index (χ3n) is 3.54. The van der Waals surface area contributed by atoms with Gasteiger partial charge in [0.2, 0.25) is 5.78 Å². The summed E-state index contributed by atoms with van der Waals surface area (Å²) < 4.78 is 11.4. The van der Waals surface area contributed by atoms with Gasteiger partial charge in [-0.15, -0.1) is 0 Å². The third-order valence-corrected chi connectivity index (χ3v) is 4.12. The monoisotopic (exact) mass is 430 g/mol. The van der Waals surface area contributed by atoms with Gasteiger partial charge in [-0.3, -0.25) is 14.9 Å². The zero-order valence-corrected chi connectivity index (χ0v) is 16.1. The smallest absolute Gasteiger partial charge is 0.270 e. The molecular formula is C19H15BrN2O5. The van der Waals surface area contributed by atoms with Crippen LogP contribution in [0.2, 0.25) is 0 Å². The van der Waals surface area contributed by atoms with E-state index in [2.05, 4.69) is 15.9 Å². The van der Waals surface area contributed by atoms with Crippen LogP contribution in [0.15, 0.2) is 46.4 Å². The first kappa shape index (κ1) is 20.1. The zero-order chi connectivity index (χ0) is 20.0. The molecule has 0 saturated carbocycles. The van der Waals surface area contributed by atoms with Gasteiger partial charge in [0, 0.05) is 17.7 Å². The average Bonchev–Trinajstić information content (AvgIpc) is 2.67. The number of benzene rings is 2. The van der Waals surface area contributed by atoms with Crippen molar-refractivity contribution in [3.63, 3.8) is 0 Å². The van der Waals surface area contributed by atoms with Crippen LogP contribution in [0.3, 0.4) is 0 Å². The second-order valence-corrected chi connectivity index (χ2v) is 6.13. The molecule has 8 heteroatoms. The summed E-state index contributed by atoms with van der Waals surface area (Å²) in [4.78, 5) is 22.9. The summed E-state index contributed by atoms with van der Waals surface area (Å²) in [6.07, 6.45) is 1.39. The molecule has 2 aromatic rings. The minimum Gasteiger partial charge on any atom is -0.493 e. The topological polar surface area (TPSA) is 102 Å². The molecule has 0 N–H and O–H groups in total. The predicted molar refractivity (Wildman–Crippen MR) is 103 cm³/mol. The van der Waals surface area contributed by atoms with Crippen LogP contribution < -0.4 is 9.47 Å². The number of rotatable bonds is 7. The van der Waals surface area contributed by atoms with Crippen LogP contribution in [0, 0.1) is 21.4 Å². The highest BCUT2D eigenvalue weighted by atomic mass is 79.9. The van der Waals surface area contributed by atoms with Crippen LogP contribution in [0.4, 0.5) is 5.69 Å². The molecule has 2 aromatic carbocycles. The normalized spacial score (nSPS) is 10.8. The first-order valence-electron chi connectivity index (χ1n) is 7.82. The van der Waals surface area contributed by atoms with Crippen LogP contribution in [0.1, 0.15) is 22.8 Å². The summed E-state index contributed by atoms with van der Waals surface area (Å²) in [5.74, 6) is 0.350. The van der Waals surface area contributed by atoms with E-state index in [1.54, 1.807) is 12.1 Å². The van der Waals surface area contributed by atoms with E-state index >= 15 is 0 Å². The fourth-order valence-electron chi connectivity index (χ4n) is 2.34. The first-order valence-corrected chi connectivity index (χ1v) is 8.61. The lowest BCUT2D eigenvalue weighted by Crippen LogP contribution is -2.03. The van der Waals surface area contributed by atoms with Crippen LogP contribution in [-0.4, -0.2) is 24.4 Å². The van der Waals surface area contributed by atoms with E-state index < -0.39 is 10.7 Å². The highest BCUT2D eigenvalue weighted by Gasteiger charge is 2.17. The molecule has 0 spiro atoms. The highest BCUT2D eigenvalue weighted by Crippen LogP contribution is 2.37. The van der Waals surface area contributed by atoms with E-state index in [9.17, 15) is 20.2 Å². The molecule has 2 rings (SSSR count). The number of nitro benzene ring substituents is 1. The summed E-state index contributed by atoms with van der Waals surface area (Å²) in [5, 5.41) is 20.3. The molecule has 0 atom stereocenters. The van der Waals surface area contributed by atoms with Crippen molar-refractivity contribution in [3.05, 3.63) is 67.7 Å². The summed E-state index contributed by atoms with van der Waals surface area (Å²) in [5.41, 5.74) is 0.226. The number of nitrogens with zero attached hydrogens (tertiary/aromatic N) is 2. The van der Waals surface area contributed by atoms with E-state index in [1.165, 1.54) is 31.4 Å². The molecule has 0 fully saturated rings. The minimum absolute atomic E-state index is 0.0639. The third kappa shape index (κ3) is 4.71. The zero-order valence-electron chi connectivity index (χ0n) is 14.6. The standard InChI is InChI=1S/C19H15BrN2O5/c1-3-27-19-16(20)8-12(9-17(19)26-2)7-14(11-21)18(23)13-5-4-6-15(10-13)22(24)25/h4-10H,3H2,1-2H3/b14-7+. The number of carbonyl (C=O) groups is 1. The molecule has 7 nitrogen and oxygen atoms in total. The molecule has 0 radical (unpaired) electrons. The van der Waals surface area contributed by atoms with Gasteiger partial charge in [0.15, 0.2) is 11.5 Å². The predicted octanol–water partition coefficient (Wildman–Crippen LogP) is 4.55. The molecule has 0 amide bonds. The SMILES string of the molecule is CCOc1c(Br)cc(/C=C(\C#N)C(=O)c2cccc([N+](=O)[O-])c2)cc1OC. The number of hydrogen-bond donors (Lipinski definition) is 0. The van der Waals surface area contributed by atoms with Crippen molar-refractivity contribution >= 4 is 33.5 Å². The maximum absolute atomic E-state index is 12.6. The van der Waals surface area contributed by atoms with E-state index in [4.69, 9.17) is 9.47 Å². The fourth-order valence-corrected chi connectivity index (χ4v) is 2.91. The van der Waals surface area contributed by atoms with Crippen LogP contribution in [-0.2, 0) is 0 Å². The van der Waals surface area contributed by atoms with Crippen molar-refractivity contribution in [1.29, 1.82) is 5.26 Å². The van der Waals surface area contributed by atoms with Crippen LogP contribution in [0.5, 0.6) is 11.5 Å². The molecule has 0 bridgehead atoms. The maximum Gasteiger partial charge on any atom is 0.270 e. The largest absolute Gasteiger partial charge is 0.493 e. The molecule has 138 valence electrons. The molecule has 0 aliphatic heterocycles. The van der Waals surface area contributed by atoms with Crippen molar-refractivity contribution in [2.24, 2.45) is 0 Å². The molecule has 27 heavy (non-hydrogen) atoms. The van der Waals surface area contributed by atoms with Gasteiger partial charge in [-0.25, -0.2) is 0 Å². The second-order valence-electron chi connectivity index (χ2n) is 5.27. The van der Waals surface area contributed by atoms with Gasteiger partial charge in [0.25, 0.3) is 5.69 Å². The van der Waals surface area contributed by atoms with Gasteiger partial charge < -0.3 is 9.47 Å². The Hall–Kier alpha value is -3.18. The quantitative estimate of drug-likeness (QED) is 0.210. The number of hydrogen-bond acceptors (Lipinski definition) is 6. The number of methoxy groups -OCH3 is 1. The van der Waals surface area contributed by atoms with Gasteiger partial charge in [-0.1, -0.05) is 12.1 Å². The van der Waals surface area contributed by atoms with Crippen molar-refractivity contribution in [2.75, 3.05) is 13.7 Å². The van der Waals surface area contributed by atoms with Crippen molar-refractivity contribution in [3.8, 4) is 17.6 Å². The lowest BCUT2D eigenvalue weighted by molar-refractivity contribution is -0.384. The number of nitro groups is 1. The summed E-state index contributed by atoms with van der Waals surface area (Å²) in [7, 11) is 1.48. The van der Waals surface area contributed by atoms with E-state index in [-0.39, 0.29) is 16.8 Å². The Morgan fingerprint density at radius 3 is 2.70 bits per heavy atom. The summed E-state index contributed by atoms with van der Waals surface area (Å²) in [6.45, 7) is 2.28. The van der Waals surface area contributed by atoms with E-state index in [1.807, 2.05) is 13.0 Å². The van der Waals surface area contributed by atoms with Gasteiger partial charge in [-0.2, -0.15) is 5.26 Å². The number of carbonyl (C=O) groups excluding carboxylic acids is 1. The number of allylic oxidation sites excluding steroid dienone is 1. The number of ether oxygens (including phenoxy) is 2. The van der Waals surface area contributed by atoms with Gasteiger partial charge in [-0.05, 0) is 46.6 Å². The van der Waals surface area contributed by atoms with Gasteiger partial charge in [0.1, 0.15) is 11.6 Å². The van der Waals surface area contributed by atoms with E-state index in [0.29, 0.717) is 28.1 Å². The summed E-state index contributed by atoms with van der Waals surface area (Å²) >= 11 is 3.38. The highest BCUT2D eigenvalue weighted by molar-refractivity contribution is 9.10. The molecule has 0 aliphatic rings. The molecule has 0 saturated heterocycles. The second kappa shape index (κ2) is 8.96. The number of halogens is 1. The van der Waals surface area contributed by atoms with Crippen LogP contribution in [0.25, 0.3) is 6.08 Å². The first-order chi connectivity index (χ1) is 12.9. The molecule has 0 aromatic heterocycles. The molecular weight excluding hydrogens is 416 g/mol. The molecule has 0 unspecified atom stereocenters. The van der Waals surface area contributed by atoms with Crippen molar-refractivity contribution in [2.45, 2.75) is 6.92 Å². The lowest BCUT2D eigenvalue weighted by Gasteiger charge is -2.12. The van der Waals surface area contributed by atoms with Gasteiger partial charge >= 0.3 is 0 Å². The molecule has 0 heterocycles. The van der Waals surface area contributed by atoms with Crippen molar-refractivity contribution in [1.82, 2.24) is 0 Å². The minimum atomic E-state index is -0.606. The Bertz CT molecular complexity index is 963. The van der Waals surface area contributed by atoms with Crippen molar-refractivity contribution < 1.29 is 19.2 Å². The Balaban J connectivity index is 2.45. The Morgan fingerprint density at radius 1 is 1.37 bits per heavy atom. The van der Waals surface area contributed by atoms with E-state index in [0.717, 1.165) is 6.07 Å². The van der Waals surface area contributed by atoms with Crippen LogP contribution >= 0.6 is 15.9 Å². The molecule has 0 aliphatic carbocycles. The number of Topliss-reactive ketones (excluding diaryl/α,β-unsaturated/α-hetero) is 1. The van der Waals surface area contributed by atoms with Gasteiger partial charge in [0.05, 0.1) is 23.1 Å². The number of non-ortho nitro benzene ring substituents is 1.